The van der Waals surface area contributed by atoms with E-state index >= 15 is 0 Å². The van der Waals surface area contributed by atoms with Crippen LogP contribution >= 0.6 is 0 Å². The maximum absolute atomic E-state index is 2.74. The second-order valence-corrected chi connectivity index (χ2v) is 7.79. The standard InChI is InChI=1S/C22H26N3/c1-16-10-4-5-11-18(16)25-17(2)20-21(22(25)13-7-8-14-22)24-15-9-6-12-19(24)23(20)3/h4-6,9-12,15,17H,7-8,13-14H2,1-3H3/q+1. The largest absolute Gasteiger partial charge is 0.347 e. The number of hydrogen-bond donors (Lipinski definition) is 0. The van der Waals surface area contributed by atoms with Gasteiger partial charge in [-0.15, -0.1) is 0 Å². The molecule has 3 heterocycles. The molecule has 5 rings (SSSR count). The molecule has 1 aliphatic carbocycles. The van der Waals surface area contributed by atoms with Crippen LogP contribution in [0.25, 0.3) is 5.65 Å². The van der Waals surface area contributed by atoms with E-state index in [1.54, 1.807) is 0 Å². The van der Waals surface area contributed by atoms with Crippen molar-refractivity contribution in [3.8, 4) is 0 Å². The highest BCUT2D eigenvalue weighted by Crippen LogP contribution is 2.55. The molecule has 1 spiro atoms. The summed E-state index contributed by atoms with van der Waals surface area (Å²) in [6.07, 6.45) is 7.39. The Morgan fingerprint density at radius 1 is 1.04 bits per heavy atom. The van der Waals surface area contributed by atoms with Crippen molar-refractivity contribution < 1.29 is 4.40 Å². The third-order valence-electron chi connectivity index (χ3n) is 6.52. The molecule has 0 saturated heterocycles. The Kier molecular flexibility index (Phi) is 3.06. The van der Waals surface area contributed by atoms with Crippen LogP contribution in [0, 0.1) is 6.92 Å². The molecule has 2 aromatic heterocycles. The van der Waals surface area contributed by atoms with E-state index in [0.717, 1.165) is 0 Å². The molecular formula is C22H26N3+. The lowest BCUT2D eigenvalue weighted by atomic mass is 9.92. The summed E-state index contributed by atoms with van der Waals surface area (Å²) >= 11 is 0. The molecule has 25 heavy (non-hydrogen) atoms. The number of para-hydroxylation sites is 1. The quantitative estimate of drug-likeness (QED) is 0.601. The van der Waals surface area contributed by atoms with E-state index in [-0.39, 0.29) is 5.54 Å². The Balaban J connectivity index is 1.83. The number of benzene rings is 1. The van der Waals surface area contributed by atoms with E-state index in [1.807, 2.05) is 0 Å². The fourth-order valence-electron chi connectivity index (χ4n) is 5.56. The summed E-state index contributed by atoms with van der Waals surface area (Å²) < 4.78 is 4.87. The minimum absolute atomic E-state index is 0.131. The Bertz CT molecular complexity index is 963. The van der Waals surface area contributed by atoms with Gasteiger partial charge < -0.3 is 4.90 Å². The highest BCUT2D eigenvalue weighted by molar-refractivity contribution is 5.62. The first-order chi connectivity index (χ1) is 12.1. The van der Waals surface area contributed by atoms with Crippen LogP contribution in [0.15, 0.2) is 48.7 Å². The van der Waals surface area contributed by atoms with Gasteiger partial charge in [-0.2, -0.15) is 4.40 Å². The van der Waals surface area contributed by atoms with Crippen LogP contribution in [0.3, 0.4) is 0 Å². The van der Waals surface area contributed by atoms with E-state index in [2.05, 4.69) is 83.4 Å². The number of rotatable bonds is 1. The highest BCUT2D eigenvalue weighted by atomic mass is 15.3. The van der Waals surface area contributed by atoms with Gasteiger partial charge in [0.15, 0.2) is 11.4 Å². The van der Waals surface area contributed by atoms with Gasteiger partial charge in [-0.05, 0) is 44.4 Å². The molecular weight excluding hydrogens is 306 g/mol. The maximum Gasteiger partial charge on any atom is 0.286 e. The van der Waals surface area contributed by atoms with Gasteiger partial charge in [-0.25, -0.2) is 4.57 Å². The fourth-order valence-corrected chi connectivity index (χ4v) is 5.56. The summed E-state index contributed by atoms with van der Waals surface area (Å²) in [5, 5.41) is 0. The van der Waals surface area contributed by atoms with Crippen molar-refractivity contribution in [1.29, 1.82) is 0 Å². The van der Waals surface area contributed by atoms with Crippen LogP contribution in [-0.2, 0) is 12.6 Å². The van der Waals surface area contributed by atoms with Gasteiger partial charge in [0, 0.05) is 11.8 Å². The number of nitrogens with zero attached hydrogens (tertiary/aromatic N) is 3. The zero-order chi connectivity index (χ0) is 17.2. The number of pyridine rings is 1. The zero-order valence-electron chi connectivity index (χ0n) is 15.4. The first-order valence-corrected chi connectivity index (χ1v) is 9.49. The molecule has 128 valence electrons. The minimum Gasteiger partial charge on any atom is -0.347 e. The van der Waals surface area contributed by atoms with Crippen molar-refractivity contribution in [3.63, 3.8) is 0 Å². The van der Waals surface area contributed by atoms with Crippen molar-refractivity contribution in [2.45, 2.75) is 51.1 Å². The molecule has 0 radical (unpaired) electrons. The summed E-state index contributed by atoms with van der Waals surface area (Å²) in [7, 11) is 2.23. The summed E-state index contributed by atoms with van der Waals surface area (Å²) in [5.74, 6) is 0. The molecule has 3 heteroatoms. The van der Waals surface area contributed by atoms with E-state index in [9.17, 15) is 0 Å². The van der Waals surface area contributed by atoms with Gasteiger partial charge in [0.25, 0.3) is 5.65 Å². The van der Waals surface area contributed by atoms with Crippen LogP contribution in [-0.4, -0.2) is 4.57 Å². The van der Waals surface area contributed by atoms with Gasteiger partial charge in [-0.1, -0.05) is 37.1 Å². The molecule has 1 aliphatic heterocycles. The zero-order valence-corrected chi connectivity index (χ0v) is 15.4. The summed E-state index contributed by atoms with van der Waals surface area (Å²) in [5.41, 5.74) is 7.22. The summed E-state index contributed by atoms with van der Waals surface area (Å²) in [6, 6.07) is 15.8. The Labute approximate surface area is 149 Å². The van der Waals surface area contributed by atoms with Crippen LogP contribution in [0.5, 0.6) is 0 Å². The number of fused-ring (bicyclic) bond motifs is 4. The van der Waals surface area contributed by atoms with Gasteiger partial charge in [0.2, 0.25) is 0 Å². The van der Waals surface area contributed by atoms with Crippen molar-refractivity contribution in [2.24, 2.45) is 7.05 Å². The van der Waals surface area contributed by atoms with Crippen molar-refractivity contribution >= 4 is 11.3 Å². The average molecular weight is 332 g/mol. The number of hydrogen-bond acceptors (Lipinski definition) is 1. The van der Waals surface area contributed by atoms with Crippen molar-refractivity contribution in [1.82, 2.24) is 4.57 Å². The molecule has 1 saturated carbocycles. The highest BCUT2D eigenvalue weighted by Gasteiger charge is 2.57. The van der Waals surface area contributed by atoms with Gasteiger partial charge in [0.05, 0.1) is 19.3 Å². The average Bonchev–Trinajstić information content (AvgIpc) is 3.27. The second-order valence-electron chi connectivity index (χ2n) is 7.79. The van der Waals surface area contributed by atoms with Gasteiger partial charge in [0.1, 0.15) is 5.54 Å². The predicted molar refractivity (Wildman–Crippen MR) is 101 cm³/mol. The summed E-state index contributed by atoms with van der Waals surface area (Å²) in [4.78, 5) is 2.74. The lowest BCUT2D eigenvalue weighted by Crippen LogP contribution is -2.45. The molecule has 3 nitrogen and oxygen atoms in total. The number of aryl methyl sites for hydroxylation is 2. The number of anilines is 1. The molecule has 0 amide bonds. The minimum atomic E-state index is 0.131. The molecule has 0 bridgehead atoms. The number of aromatic nitrogens is 2. The topological polar surface area (TPSA) is 12.3 Å². The fraction of sp³-hybridized carbons (Fsp3) is 0.409. The smallest absolute Gasteiger partial charge is 0.286 e. The predicted octanol–water partition coefficient (Wildman–Crippen LogP) is 4.42. The van der Waals surface area contributed by atoms with E-state index < -0.39 is 0 Å². The first kappa shape index (κ1) is 15.0. The third-order valence-corrected chi connectivity index (χ3v) is 6.52. The lowest BCUT2D eigenvalue weighted by Gasteiger charge is -2.39. The Morgan fingerprint density at radius 3 is 2.52 bits per heavy atom. The van der Waals surface area contributed by atoms with Gasteiger partial charge in [-0.3, -0.25) is 0 Å². The third kappa shape index (κ3) is 1.79. The van der Waals surface area contributed by atoms with Crippen molar-refractivity contribution in [3.05, 3.63) is 65.6 Å². The molecule has 1 aromatic carbocycles. The SMILES string of the molecule is Cc1ccccc1N1C(C)c2c([n+]3ccccc3n2C)C12CCCC2. The van der Waals surface area contributed by atoms with Crippen LogP contribution in [0.1, 0.15) is 55.6 Å². The van der Waals surface area contributed by atoms with Gasteiger partial charge >= 0.3 is 0 Å². The van der Waals surface area contributed by atoms with Crippen LogP contribution in [0.2, 0.25) is 0 Å². The van der Waals surface area contributed by atoms with E-state index in [1.165, 1.54) is 54.0 Å². The molecule has 0 N–H and O–H groups in total. The molecule has 3 aromatic rings. The van der Waals surface area contributed by atoms with E-state index in [4.69, 9.17) is 0 Å². The monoisotopic (exact) mass is 332 g/mol. The van der Waals surface area contributed by atoms with E-state index in [0.29, 0.717) is 6.04 Å². The Hall–Kier alpha value is -2.29. The second kappa shape index (κ2) is 5.10. The Morgan fingerprint density at radius 2 is 1.76 bits per heavy atom. The lowest BCUT2D eigenvalue weighted by molar-refractivity contribution is -0.525. The normalized spacial score (nSPS) is 21.4. The molecule has 1 fully saturated rings. The summed E-state index contributed by atoms with van der Waals surface area (Å²) in [6.45, 7) is 4.64. The van der Waals surface area contributed by atoms with Crippen LogP contribution in [0.4, 0.5) is 5.69 Å². The molecule has 1 atom stereocenters. The first-order valence-electron chi connectivity index (χ1n) is 9.49. The molecule has 2 aliphatic rings. The van der Waals surface area contributed by atoms with Crippen LogP contribution < -0.4 is 9.30 Å². The number of imidazole rings is 1. The molecule has 1 unspecified atom stereocenters. The maximum atomic E-state index is 2.74. The van der Waals surface area contributed by atoms with Crippen molar-refractivity contribution in [2.75, 3.05) is 4.90 Å².